The first-order valence-electron chi connectivity index (χ1n) is 7.73. The Labute approximate surface area is 142 Å². The fourth-order valence-electron chi connectivity index (χ4n) is 2.81. The SMILES string of the molecule is CCSC1=NN2C(=c3ccccc3=NC2c2ccc(C)o2)C(=O)N1. The summed E-state index contributed by atoms with van der Waals surface area (Å²) in [7, 11) is 0. The van der Waals surface area contributed by atoms with Gasteiger partial charge in [0.15, 0.2) is 10.9 Å². The third kappa shape index (κ3) is 2.41. The molecule has 4 rings (SSSR count). The van der Waals surface area contributed by atoms with Gasteiger partial charge in [0, 0.05) is 5.22 Å². The molecule has 1 amide bonds. The molecule has 3 heterocycles. The van der Waals surface area contributed by atoms with E-state index in [0.717, 1.165) is 22.1 Å². The van der Waals surface area contributed by atoms with Crippen LogP contribution in [0.25, 0.3) is 5.70 Å². The van der Waals surface area contributed by atoms with Gasteiger partial charge in [-0.25, -0.2) is 10.0 Å². The van der Waals surface area contributed by atoms with Gasteiger partial charge in [0.05, 0.1) is 5.36 Å². The minimum absolute atomic E-state index is 0.170. The molecule has 1 aromatic carbocycles. The molecule has 2 aliphatic rings. The molecule has 1 N–H and O–H groups in total. The molecule has 0 bridgehead atoms. The van der Waals surface area contributed by atoms with Crippen LogP contribution < -0.4 is 15.9 Å². The topological polar surface area (TPSA) is 70.2 Å². The van der Waals surface area contributed by atoms with Crippen molar-refractivity contribution in [2.24, 2.45) is 10.1 Å². The van der Waals surface area contributed by atoms with E-state index in [4.69, 9.17) is 9.41 Å². The first-order valence-corrected chi connectivity index (χ1v) is 8.71. The van der Waals surface area contributed by atoms with E-state index < -0.39 is 6.17 Å². The van der Waals surface area contributed by atoms with Gasteiger partial charge in [0.1, 0.15) is 11.5 Å². The molecule has 0 saturated heterocycles. The van der Waals surface area contributed by atoms with Crippen molar-refractivity contribution in [1.82, 2.24) is 10.3 Å². The van der Waals surface area contributed by atoms with Crippen molar-refractivity contribution in [2.75, 3.05) is 5.75 Å². The highest BCUT2D eigenvalue weighted by Gasteiger charge is 2.35. The lowest BCUT2D eigenvalue weighted by Gasteiger charge is -2.32. The number of fused-ring (bicyclic) bond motifs is 2. The van der Waals surface area contributed by atoms with Crippen molar-refractivity contribution >= 4 is 28.5 Å². The molecule has 1 unspecified atom stereocenters. The van der Waals surface area contributed by atoms with E-state index in [-0.39, 0.29) is 5.91 Å². The van der Waals surface area contributed by atoms with Crippen LogP contribution in [0.5, 0.6) is 0 Å². The van der Waals surface area contributed by atoms with Gasteiger partial charge in [-0.1, -0.05) is 36.9 Å². The summed E-state index contributed by atoms with van der Waals surface area (Å²) in [5, 5.41) is 11.2. The molecule has 0 aliphatic carbocycles. The van der Waals surface area contributed by atoms with Crippen molar-refractivity contribution in [1.29, 1.82) is 0 Å². The maximum absolute atomic E-state index is 12.7. The summed E-state index contributed by atoms with van der Waals surface area (Å²) in [5.74, 6) is 2.12. The van der Waals surface area contributed by atoms with Gasteiger partial charge in [-0.3, -0.25) is 10.1 Å². The Morgan fingerprint density at radius 1 is 1.29 bits per heavy atom. The van der Waals surface area contributed by atoms with Gasteiger partial charge < -0.3 is 4.42 Å². The van der Waals surface area contributed by atoms with Crippen molar-refractivity contribution in [3.63, 3.8) is 0 Å². The number of hydrazone groups is 1. The zero-order valence-corrected chi connectivity index (χ0v) is 14.1. The van der Waals surface area contributed by atoms with E-state index in [9.17, 15) is 4.79 Å². The Bertz CT molecular complexity index is 963. The number of carbonyl (C=O) groups excluding carboxylic acids is 1. The molecular formula is C17H16N4O2S. The Morgan fingerprint density at radius 2 is 2.12 bits per heavy atom. The largest absolute Gasteiger partial charge is 0.462 e. The van der Waals surface area contributed by atoms with Crippen molar-refractivity contribution in [2.45, 2.75) is 20.0 Å². The fourth-order valence-corrected chi connectivity index (χ4v) is 3.39. The summed E-state index contributed by atoms with van der Waals surface area (Å²) in [6.07, 6.45) is -0.484. The van der Waals surface area contributed by atoms with E-state index in [2.05, 4.69) is 10.4 Å². The molecule has 2 aromatic rings. The maximum atomic E-state index is 12.7. The Morgan fingerprint density at radius 3 is 2.88 bits per heavy atom. The second-order valence-corrected chi connectivity index (χ2v) is 6.71. The van der Waals surface area contributed by atoms with Crippen molar-refractivity contribution < 1.29 is 9.21 Å². The minimum Gasteiger partial charge on any atom is -0.462 e. The molecular weight excluding hydrogens is 324 g/mol. The van der Waals surface area contributed by atoms with Crippen LogP contribution in [0.1, 0.15) is 24.6 Å². The average molecular weight is 340 g/mol. The Balaban J connectivity index is 1.95. The van der Waals surface area contributed by atoms with E-state index in [1.807, 2.05) is 50.2 Å². The van der Waals surface area contributed by atoms with Crippen LogP contribution in [0.2, 0.25) is 0 Å². The maximum Gasteiger partial charge on any atom is 0.276 e. The summed E-state index contributed by atoms with van der Waals surface area (Å²) in [6.45, 7) is 3.90. The predicted molar refractivity (Wildman–Crippen MR) is 92.4 cm³/mol. The molecule has 0 radical (unpaired) electrons. The molecule has 1 atom stereocenters. The van der Waals surface area contributed by atoms with Gasteiger partial charge >= 0.3 is 0 Å². The van der Waals surface area contributed by atoms with E-state index in [1.165, 1.54) is 11.8 Å². The summed E-state index contributed by atoms with van der Waals surface area (Å²) in [6, 6.07) is 11.4. The second-order valence-electron chi connectivity index (χ2n) is 5.45. The zero-order valence-electron chi connectivity index (χ0n) is 13.3. The van der Waals surface area contributed by atoms with Crippen LogP contribution in [-0.2, 0) is 4.79 Å². The van der Waals surface area contributed by atoms with Crippen LogP contribution >= 0.6 is 11.8 Å². The lowest BCUT2D eigenvalue weighted by atomic mass is 10.1. The van der Waals surface area contributed by atoms with Crippen LogP contribution in [0.3, 0.4) is 0 Å². The Kier molecular flexibility index (Phi) is 3.65. The first-order chi connectivity index (χ1) is 11.7. The summed E-state index contributed by atoms with van der Waals surface area (Å²) in [5.41, 5.74) is 0.500. The van der Waals surface area contributed by atoms with Gasteiger partial charge in [0.25, 0.3) is 5.91 Å². The third-order valence-electron chi connectivity index (χ3n) is 3.81. The number of carbonyl (C=O) groups is 1. The number of amides is 1. The fraction of sp³-hybridized carbons (Fsp3) is 0.235. The highest BCUT2D eigenvalue weighted by atomic mass is 32.2. The van der Waals surface area contributed by atoms with Crippen LogP contribution in [0, 0.1) is 6.92 Å². The molecule has 24 heavy (non-hydrogen) atoms. The van der Waals surface area contributed by atoms with Gasteiger partial charge in [0.2, 0.25) is 6.17 Å². The first kappa shape index (κ1) is 15.0. The van der Waals surface area contributed by atoms with Crippen LogP contribution in [0.4, 0.5) is 0 Å². The van der Waals surface area contributed by atoms with E-state index >= 15 is 0 Å². The quantitative estimate of drug-likeness (QED) is 0.899. The highest BCUT2D eigenvalue weighted by Crippen LogP contribution is 2.31. The van der Waals surface area contributed by atoms with Gasteiger partial charge in [-0.15, -0.1) is 5.10 Å². The molecule has 6 nitrogen and oxygen atoms in total. The van der Waals surface area contributed by atoms with Crippen LogP contribution in [-0.4, -0.2) is 21.8 Å². The van der Waals surface area contributed by atoms with E-state index in [0.29, 0.717) is 16.6 Å². The molecule has 7 heteroatoms. The number of furan rings is 1. The smallest absolute Gasteiger partial charge is 0.276 e. The Hall–Kier alpha value is -2.54. The standard InChI is InChI=1S/C17H16N4O2S/c1-3-24-17-19-16(22)14-11-6-4-5-7-12(11)18-15(21(14)20-17)13-9-8-10(2)23-13/h4-9,15H,3H2,1-2H3,(H,19,20,22). The molecule has 0 spiro atoms. The number of nitrogens with one attached hydrogen (secondary N) is 1. The molecule has 122 valence electrons. The lowest BCUT2D eigenvalue weighted by Crippen LogP contribution is -2.50. The number of aryl methyl sites for hydroxylation is 1. The number of para-hydroxylation sites is 1. The lowest BCUT2D eigenvalue weighted by molar-refractivity contribution is -0.116. The number of rotatable bonds is 2. The number of benzene rings is 1. The molecule has 2 aliphatic heterocycles. The van der Waals surface area contributed by atoms with Crippen LogP contribution in [0.15, 0.2) is 50.9 Å². The van der Waals surface area contributed by atoms with Gasteiger partial charge in [-0.2, -0.15) is 0 Å². The van der Waals surface area contributed by atoms with E-state index in [1.54, 1.807) is 5.01 Å². The molecule has 0 saturated carbocycles. The number of hydrogen-bond donors (Lipinski definition) is 1. The predicted octanol–water partition coefficient (Wildman–Crippen LogP) is 1.48. The number of hydrogen-bond acceptors (Lipinski definition) is 6. The highest BCUT2D eigenvalue weighted by molar-refractivity contribution is 8.13. The normalized spacial score (nSPS) is 19.2. The number of thioether (sulfide) groups is 1. The molecule has 0 fully saturated rings. The van der Waals surface area contributed by atoms with Crippen molar-refractivity contribution in [3.05, 3.63) is 58.5 Å². The summed E-state index contributed by atoms with van der Waals surface area (Å²) >= 11 is 1.49. The average Bonchev–Trinajstić information content (AvgIpc) is 3.00. The molecule has 1 aromatic heterocycles. The second kappa shape index (κ2) is 5.83. The monoisotopic (exact) mass is 340 g/mol. The number of nitrogens with zero attached hydrogens (tertiary/aromatic N) is 3. The minimum atomic E-state index is -0.484. The summed E-state index contributed by atoms with van der Waals surface area (Å²) < 4.78 is 5.76. The number of amidine groups is 1. The third-order valence-corrected chi connectivity index (χ3v) is 4.56. The van der Waals surface area contributed by atoms with Gasteiger partial charge in [-0.05, 0) is 30.9 Å². The summed E-state index contributed by atoms with van der Waals surface area (Å²) in [4.78, 5) is 17.5. The zero-order chi connectivity index (χ0) is 16.7. The van der Waals surface area contributed by atoms with Crippen molar-refractivity contribution in [3.8, 4) is 0 Å².